The van der Waals surface area contributed by atoms with E-state index in [1.165, 1.54) is 5.56 Å². The molecule has 22 heavy (non-hydrogen) atoms. The van der Waals surface area contributed by atoms with Crippen LogP contribution >= 0.6 is 0 Å². The van der Waals surface area contributed by atoms with E-state index >= 15 is 0 Å². The maximum atomic E-state index is 12.2. The fourth-order valence-electron chi connectivity index (χ4n) is 3.11. The van der Waals surface area contributed by atoms with Crippen LogP contribution in [0.5, 0.6) is 0 Å². The second-order valence-corrected chi connectivity index (χ2v) is 5.96. The Hall–Kier alpha value is -2.13. The van der Waals surface area contributed by atoms with Crippen molar-refractivity contribution in [3.8, 4) is 0 Å². The van der Waals surface area contributed by atoms with Gasteiger partial charge in [-0.05, 0) is 31.2 Å². The molecule has 3 heteroatoms. The average molecular weight is 295 g/mol. The van der Waals surface area contributed by atoms with Gasteiger partial charge in [0.15, 0.2) is 0 Å². The third-order valence-electron chi connectivity index (χ3n) is 4.15. The van der Waals surface area contributed by atoms with Crippen molar-refractivity contribution in [1.29, 1.82) is 0 Å². The van der Waals surface area contributed by atoms with Gasteiger partial charge in [0.25, 0.3) is 0 Å². The quantitative estimate of drug-likeness (QED) is 0.813. The van der Waals surface area contributed by atoms with Crippen molar-refractivity contribution < 1.29 is 9.53 Å². The van der Waals surface area contributed by atoms with Crippen molar-refractivity contribution in [1.82, 2.24) is 4.90 Å². The van der Waals surface area contributed by atoms with Crippen LogP contribution in [0.3, 0.4) is 0 Å². The number of hydrogen-bond acceptors (Lipinski definition) is 3. The van der Waals surface area contributed by atoms with Crippen LogP contribution in [-0.2, 0) is 4.74 Å². The van der Waals surface area contributed by atoms with Gasteiger partial charge in [-0.2, -0.15) is 0 Å². The second kappa shape index (κ2) is 6.75. The lowest BCUT2D eigenvalue weighted by molar-refractivity contribution is 0.00690. The minimum Gasteiger partial charge on any atom is -0.457 e. The third-order valence-corrected chi connectivity index (χ3v) is 4.15. The molecule has 1 aliphatic rings. The van der Waals surface area contributed by atoms with Crippen molar-refractivity contribution in [2.24, 2.45) is 0 Å². The molecule has 1 fully saturated rings. The molecule has 0 radical (unpaired) electrons. The van der Waals surface area contributed by atoms with Crippen LogP contribution in [-0.4, -0.2) is 37.1 Å². The summed E-state index contributed by atoms with van der Waals surface area (Å²) in [6, 6.07) is 19.7. The largest absolute Gasteiger partial charge is 0.457 e. The predicted molar refractivity (Wildman–Crippen MR) is 86.9 cm³/mol. The molecule has 0 N–H and O–H groups in total. The van der Waals surface area contributed by atoms with Crippen molar-refractivity contribution in [2.45, 2.75) is 18.4 Å². The molecule has 0 saturated carbocycles. The highest BCUT2D eigenvalue weighted by atomic mass is 16.5. The Balaban J connectivity index is 1.68. The van der Waals surface area contributed by atoms with E-state index in [0.29, 0.717) is 11.5 Å². The Morgan fingerprint density at radius 3 is 2.32 bits per heavy atom. The highest BCUT2D eigenvalue weighted by Crippen LogP contribution is 2.28. The smallest absolute Gasteiger partial charge is 0.338 e. The SMILES string of the molecule is CN1C[C@@H](OC(=O)c2ccccc2)C[C@@H](c2ccccc2)C1. The monoisotopic (exact) mass is 295 g/mol. The summed E-state index contributed by atoms with van der Waals surface area (Å²) in [5.41, 5.74) is 1.93. The normalized spacial score (nSPS) is 22.2. The molecule has 1 saturated heterocycles. The van der Waals surface area contributed by atoms with Crippen LogP contribution in [0.4, 0.5) is 0 Å². The predicted octanol–water partition coefficient (Wildman–Crippen LogP) is 3.33. The molecule has 2 aromatic carbocycles. The molecule has 3 nitrogen and oxygen atoms in total. The molecule has 1 heterocycles. The molecular formula is C19H21NO2. The van der Waals surface area contributed by atoms with Gasteiger partial charge in [-0.1, -0.05) is 48.5 Å². The van der Waals surface area contributed by atoms with Gasteiger partial charge in [-0.15, -0.1) is 0 Å². The van der Waals surface area contributed by atoms with Gasteiger partial charge in [0.2, 0.25) is 0 Å². The summed E-state index contributed by atoms with van der Waals surface area (Å²) < 4.78 is 5.72. The molecule has 3 rings (SSSR count). The first-order valence-corrected chi connectivity index (χ1v) is 7.72. The molecular weight excluding hydrogens is 274 g/mol. The summed E-state index contributed by atoms with van der Waals surface area (Å²) in [5, 5.41) is 0. The summed E-state index contributed by atoms with van der Waals surface area (Å²) in [7, 11) is 2.08. The summed E-state index contributed by atoms with van der Waals surface area (Å²) in [6.07, 6.45) is 0.823. The highest BCUT2D eigenvalue weighted by Gasteiger charge is 2.29. The number of piperidine rings is 1. The molecule has 1 aliphatic heterocycles. The number of likely N-dealkylation sites (tertiary alicyclic amines) is 1. The van der Waals surface area contributed by atoms with E-state index in [9.17, 15) is 4.79 Å². The fraction of sp³-hybridized carbons (Fsp3) is 0.316. The number of benzene rings is 2. The minimum absolute atomic E-state index is 0.0586. The standard InChI is InChI=1S/C19H21NO2/c1-20-13-17(15-8-4-2-5-9-15)12-18(14-20)22-19(21)16-10-6-3-7-11-16/h2-11,17-18H,12-14H2,1H3/t17-,18+/m1/s1. The Labute approximate surface area is 131 Å². The van der Waals surface area contributed by atoms with Crippen LogP contribution in [0.2, 0.25) is 0 Å². The van der Waals surface area contributed by atoms with Crippen molar-refractivity contribution in [3.63, 3.8) is 0 Å². The van der Waals surface area contributed by atoms with Gasteiger partial charge in [0.1, 0.15) is 6.10 Å². The van der Waals surface area contributed by atoms with E-state index < -0.39 is 0 Å². The Bertz CT molecular complexity index is 612. The average Bonchev–Trinajstić information content (AvgIpc) is 2.56. The van der Waals surface area contributed by atoms with Crippen molar-refractivity contribution in [2.75, 3.05) is 20.1 Å². The first kappa shape index (κ1) is 14.8. The maximum Gasteiger partial charge on any atom is 0.338 e. The number of carbonyl (C=O) groups excluding carboxylic acids is 1. The zero-order valence-electron chi connectivity index (χ0n) is 12.8. The van der Waals surface area contributed by atoms with E-state index in [1.54, 1.807) is 12.1 Å². The molecule has 0 unspecified atom stereocenters. The molecule has 0 bridgehead atoms. The number of hydrogen-bond donors (Lipinski definition) is 0. The van der Waals surface area contributed by atoms with E-state index in [4.69, 9.17) is 4.74 Å². The van der Waals surface area contributed by atoms with Crippen molar-refractivity contribution in [3.05, 3.63) is 71.8 Å². The lowest BCUT2D eigenvalue weighted by Gasteiger charge is -2.35. The fourth-order valence-corrected chi connectivity index (χ4v) is 3.11. The number of ether oxygens (including phenoxy) is 1. The van der Waals surface area contributed by atoms with Gasteiger partial charge in [-0.3, -0.25) is 0 Å². The van der Waals surface area contributed by atoms with Crippen LogP contribution in [0, 0.1) is 0 Å². The third kappa shape index (κ3) is 3.55. The zero-order valence-corrected chi connectivity index (χ0v) is 12.8. The molecule has 0 spiro atoms. The number of nitrogens with zero attached hydrogens (tertiary/aromatic N) is 1. The summed E-state index contributed by atoms with van der Waals surface area (Å²) in [4.78, 5) is 14.5. The first-order valence-electron chi connectivity index (χ1n) is 7.72. The number of likely N-dealkylation sites (N-methyl/N-ethyl adjacent to an activating group) is 1. The summed E-state index contributed by atoms with van der Waals surface area (Å²) >= 11 is 0. The zero-order chi connectivity index (χ0) is 15.4. The number of carbonyl (C=O) groups is 1. The van der Waals surface area contributed by atoms with Gasteiger partial charge >= 0.3 is 5.97 Å². The van der Waals surface area contributed by atoms with E-state index in [1.807, 2.05) is 24.3 Å². The Morgan fingerprint density at radius 2 is 1.64 bits per heavy atom. The number of esters is 1. The minimum atomic E-state index is -0.229. The molecule has 2 atom stereocenters. The van der Waals surface area contributed by atoms with E-state index in [-0.39, 0.29) is 12.1 Å². The van der Waals surface area contributed by atoms with E-state index in [0.717, 1.165) is 19.5 Å². The maximum absolute atomic E-state index is 12.2. The van der Waals surface area contributed by atoms with Crippen LogP contribution in [0.25, 0.3) is 0 Å². The first-order chi connectivity index (χ1) is 10.7. The van der Waals surface area contributed by atoms with Gasteiger partial charge in [-0.25, -0.2) is 4.79 Å². The Morgan fingerprint density at radius 1 is 1.00 bits per heavy atom. The van der Waals surface area contributed by atoms with E-state index in [2.05, 4.69) is 36.2 Å². The lowest BCUT2D eigenvalue weighted by atomic mass is 9.89. The molecule has 0 amide bonds. The van der Waals surface area contributed by atoms with Gasteiger partial charge in [0, 0.05) is 19.0 Å². The summed E-state index contributed by atoms with van der Waals surface area (Å²) in [6.45, 7) is 1.80. The van der Waals surface area contributed by atoms with Gasteiger partial charge in [0.05, 0.1) is 5.56 Å². The topological polar surface area (TPSA) is 29.5 Å². The molecule has 2 aromatic rings. The van der Waals surface area contributed by atoms with Crippen LogP contribution in [0.15, 0.2) is 60.7 Å². The van der Waals surface area contributed by atoms with Crippen LogP contribution in [0.1, 0.15) is 28.3 Å². The summed E-state index contributed by atoms with van der Waals surface area (Å²) in [5.74, 6) is 0.182. The highest BCUT2D eigenvalue weighted by molar-refractivity contribution is 5.89. The van der Waals surface area contributed by atoms with Gasteiger partial charge < -0.3 is 9.64 Å². The lowest BCUT2D eigenvalue weighted by Crippen LogP contribution is -2.42. The second-order valence-electron chi connectivity index (χ2n) is 5.96. The van der Waals surface area contributed by atoms with Crippen LogP contribution < -0.4 is 0 Å². The molecule has 114 valence electrons. The Kier molecular flexibility index (Phi) is 4.54. The molecule has 0 aromatic heterocycles. The number of rotatable bonds is 3. The molecule has 0 aliphatic carbocycles. The van der Waals surface area contributed by atoms with Crippen molar-refractivity contribution >= 4 is 5.97 Å².